The van der Waals surface area contributed by atoms with Crippen molar-refractivity contribution in [3.63, 3.8) is 0 Å². The second-order valence-electron chi connectivity index (χ2n) is 7.27. The summed E-state index contributed by atoms with van der Waals surface area (Å²) in [6, 6.07) is 8.94. The van der Waals surface area contributed by atoms with E-state index < -0.39 is 11.6 Å². The molecule has 2 heterocycles. The van der Waals surface area contributed by atoms with Crippen molar-refractivity contribution in [2.24, 2.45) is 0 Å². The average molecular weight is 391 g/mol. The van der Waals surface area contributed by atoms with Gasteiger partial charge in [0.15, 0.2) is 5.60 Å². The van der Waals surface area contributed by atoms with Crippen LogP contribution in [0.4, 0.5) is 0 Å². The van der Waals surface area contributed by atoms with E-state index in [-0.39, 0.29) is 23.4 Å². The Balaban J connectivity index is 1.74. The van der Waals surface area contributed by atoms with Gasteiger partial charge in [0.1, 0.15) is 23.0 Å². The van der Waals surface area contributed by atoms with Crippen molar-refractivity contribution in [1.29, 1.82) is 0 Å². The number of hydrogen-bond donors (Lipinski definition) is 3. The molecule has 0 bridgehead atoms. The Bertz CT molecular complexity index is 1090. The van der Waals surface area contributed by atoms with Gasteiger partial charge in [-0.3, -0.25) is 4.79 Å². The van der Waals surface area contributed by atoms with Crippen LogP contribution in [0.15, 0.2) is 59.7 Å². The molecule has 0 aromatic heterocycles. The van der Waals surface area contributed by atoms with Crippen LogP contribution in [0.3, 0.4) is 0 Å². The lowest BCUT2D eigenvalue weighted by Gasteiger charge is -2.37. The molecule has 3 N–H and O–H groups in total. The van der Waals surface area contributed by atoms with Crippen molar-refractivity contribution in [3.05, 3.63) is 70.8 Å². The van der Waals surface area contributed by atoms with Crippen LogP contribution in [0.2, 0.25) is 0 Å². The number of esters is 1. The summed E-state index contributed by atoms with van der Waals surface area (Å²) >= 11 is 0. The van der Waals surface area contributed by atoms with E-state index in [0.29, 0.717) is 40.2 Å². The van der Waals surface area contributed by atoms with Crippen LogP contribution in [0, 0.1) is 0 Å². The number of carbonyl (C=O) groups is 2. The fraction of sp³-hybridized carbons (Fsp3) is 0.182. The van der Waals surface area contributed by atoms with E-state index in [2.05, 4.69) is 5.32 Å². The fourth-order valence-electron chi connectivity index (χ4n) is 4.27. The molecule has 7 heteroatoms. The molecule has 5 rings (SSSR count). The van der Waals surface area contributed by atoms with Crippen LogP contribution in [0.25, 0.3) is 0 Å². The summed E-state index contributed by atoms with van der Waals surface area (Å²) in [6.07, 6.45) is 4.10. The summed E-state index contributed by atoms with van der Waals surface area (Å²) in [5.41, 5.74) is 0.944. The van der Waals surface area contributed by atoms with Gasteiger partial charge < -0.3 is 25.0 Å². The third-order valence-corrected chi connectivity index (χ3v) is 5.38. The van der Waals surface area contributed by atoms with E-state index in [4.69, 9.17) is 9.47 Å². The summed E-state index contributed by atoms with van der Waals surface area (Å²) in [5.74, 6) is -0.00955. The number of phenols is 2. The maximum Gasteiger partial charge on any atom is 0.339 e. The predicted molar refractivity (Wildman–Crippen MR) is 102 cm³/mol. The molecule has 1 atom stereocenters. The van der Waals surface area contributed by atoms with Gasteiger partial charge in [-0.05, 0) is 36.8 Å². The molecule has 1 saturated heterocycles. The molecule has 146 valence electrons. The van der Waals surface area contributed by atoms with Crippen molar-refractivity contribution < 1.29 is 29.3 Å². The van der Waals surface area contributed by atoms with Gasteiger partial charge in [0, 0.05) is 35.8 Å². The second kappa shape index (κ2) is 5.88. The number of nitrogens with one attached hydrogen (secondary N) is 1. The highest BCUT2D eigenvalue weighted by molar-refractivity contribution is 6.00. The Kier molecular flexibility index (Phi) is 3.52. The molecule has 1 amide bonds. The maximum atomic E-state index is 12.9. The minimum absolute atomic E-state index is 0.00550. The van der Waals surface area contributed by atoms with Crippen molar-refractivity contribution in [3.8, 4) is 23.0 Å². The zero-order chi connectivity index (χ0) is 20.3. The van der Waals surface area contributed by atoms with Crippen LogP contribution >= 0.6 is 0 Å². The molecule has 3 aliphatic rings. The normalized spacial score (nSPS) is 20.4. The lowest BCUT2D eigenvalue weighted by Crippen LogP contribution is -2.35. The van der Waals surface area contributed by atoms with E-state index in [1.165, 1.54) is 31.2 Å². The molecule has 1 unspecified atom stereocenters. The van der Waals surface area contributed by atoms with Gasteiger partial charge in [-0.2, -0.15) is 0 Å². The number of rotatable bonds is 1. The van der Waals surface area contributed by atoms with Crippen molar-refractivity contribution in [1.82, 2.24) is 5.32 Å². The van der Waals surface area contributed by atoms with Gasteiger partial charge in [0.2, 0.25) is 5.91 Å². The predicted octanol–water partition coefficient (Wildman–Crippen LogP) is 2.77. The first-order valence-electron chi connectivity index (χ1n) is 9.16. The lowest BCUT2D eigenvalue weighted by molar-refractivity contribution is -0.143. The SMILES string of the molecule is CC(=O)NC1C=C2C(=O)OC3(C2=CC1)c1ccc(O)cc1Oc1cc(O)ccc13. The summed E-state index contributed by atoms with van der Waals surface area (Å²) in [7, 11) is 0. The lowest BCUT2D eigenvalue weighted by atomic mass is 9.74. The first-order chi connectivity index (χ1) is 13.9. The van der Waals surface area contributed by atoms with Crippen molar-refractivity contribution in [2.45, 2.75) is 25.0 Å². The molecule has 2 aromatic rings. The topological polar surface area (TPSA) is 105 Å². The third-order valence-electron chi connectivity index (χ3n) is 5.38. The molecule has 1 spiro atoms. The van der Waals surface area contributed by atoms with Gasteiger partial charge in [-0.1, -0.05) is 6.08 Å². The monoisotopic (exact) mass is 391 g/mol. The Labute approximate surface area is 165 Å². The van der Waals surface area contributed by atoms with E-state index in [0.717, 1.165) is 0 Å². The largest absolute Gasteiger partial charge is 0.508 e. The molecule has 1 fully saturated rings. The van der Waals surface area contributed by atoms with Crippen molar-refractivity contribution >= 4 is 11.9 Å². The molecule has 29 heavy (non-hydrogen) atoms. The standard InChI is InChI=1S/C22H17NO6/c1-11(24)23-12-2-5-16-15(8-12)21(27)29-22(16)17-6-3-13(25)9-19(17)28-20-10-14(26)4-7-18(20)22/h3-10,12,25-26H,2H2,1H3,(H,23,24). The second-order valence-corrected chi connectivity index (χ2v) is 7.27. The van der Waals surface area contributed by atoms with E-state index >= 15 is 0 Å². The Morgan fingerprint density at radius 2 is 1.72 bits per heavy atom. The number of amides is 1. The number of carbonyl (C=O) groups excluding carboxylic acids is 2. The summed E-state index contributed by atoms with van der Waals surface area (Å²) in [6.45, 7) is 1.43. The van der Waals surface area contributed by atoms with Gasteiger partial charge in [-0.15, -0.1) is 0 Å². The highest BCUT2D eigenvalue weighted by Crippen LogP contribution is 2.58. The average Bonchev–Trinajstić information content (AvgIpc) is 2.93. The molecule has 0 radical (unpaired) electrons. The fourth-order valence-corrected chi connectivity index (χ4v) is 4.27. The molecule has 1 aliphatic carbocycles. The molecule has 2 aromatic carbocycles. The van der Waals surface area contributed by atoms with Crippen molar-refractivity contribution in [2.75, 3.05) is 0 Å². The smallest absolute Gasteiger partial charge is 0.339 e. The number of benzene rings is 2. The van der Waals surface area contributed by atoms with Crippen LogP contribution in [-0.4, -0.2) is 28.1 Å². The highest BCUT2D eigenvalue weighted by atomic mass is 16.6. The zero-order valence-corrected chi connectivity index (χ0v) is 15.4. The molecule has 2 aliphatic heterocycles. The molecule has 0 saturated carbocycles. The van der Waals surface area contributed by atoms with Gasteiger partial charge in [0.25, 0.3) is 0 Å². The Morgan fingerprint density at radius 3 is 2.31 bits per heavy atom. The number of aromatic hydroxyl groups is 2. The summed E-state index contributed by atoms with van der Waals surface area (Å²) < 4.78 is 11.9. The quantitative estimate of drug-likeness (QED) is 0.646. The Morgan fingerprint density at radius 1 is 1.10 bits per heavy atom. The summed E-state index contributed by atoms with van der Waals surface area (Å²) in [4.78, 5) is 24.3. The van der Waals surface area contributed by atoms with E-state index in [1.807, 2.05) is 6.08 Å². The van der Waals surface area contributed by atoms with Crippen LogP contribution in [0.5, 0.6) is 23.0 Å². The number of phenolic OH excluding ortho intramolecular Hbond substituents is 2. The highest BCUT2D eigenvalue weighted by Gasteiger charge is 2.56. The molecular formula is C22H17NO6. The molecular weight excluding hydrogens is 374 g/mol. The van der Waals surface area contributed by atoms with E-state index in [1.54, 1.807) is 18.2 Å². The summed E-state index contributed by atoms with van der Waals surface area (Å²) in [5, 5.41) is 22.6. The maximum absolute atomic E-state index is 12.9. The van der Waals surface area contributed by atoms with Crippen LogP contribution < -0.4 is 10.1 Å². The first kappa shape index (κ1) is 17.4. The van der Waals surface area contributed by atoms with Crippen LogP contribution in [0.1, 0.15) is 24.5 Å². The third kappa shape index (κ3) is 2.44. The zero-order valence-electron chi connectivity index (χ0n) is 15.4. The van der Waals surface area contributed by atoms with Crippen LogP contribution in [-0.2, 0) is 19.9 Å². The number of hydrogen-bond acceptors (Lipinski definition) is 6. The molecule has 7 nitrogen and oxygen atoms in total. The number of ether oxygens (including phenoxy) is 2. The van der Waals surface area contributed by atoms with Gasteiger partial charge in [0.05, 0.1) is 11.6 Å². The number of fused-ring (bicyclic) bond motifs is 6. The minimum atomic E-state index is -1.26. The minimum Gasteiger partial charge on any atom is -0.508 e. The first-order valence-corrected chi connectivity index (χ1v) is 9.16. The van der Waals surface area contributed by atoms with Gasteiger partial charge in [-0.25, -0.2) is 4.79 Å². The van der Waals surface area contributed by atoms with E-state index in [9.17, 15) is 19.8 Å². The van der Waals surface area contributed by atoms with Gasteiger partial charge >= 0.3 is 5.97 Å². The Hall–Kier alpha value is -3.74.